The van der Waals surface area contributed by atoms with E-state index < -0.39 is 5.56 Å². The van der Waals surface area contributed by atoms with E-state index in [0.29, 0.717) is 0 Å². The molecule has 0 aromatic carbocycles. The van der Waals surface area contributed by atoms with E-state index in [0.717, 1.165) is 12.3 Å². The Labute approximate surface area is 56.4 Å². The normalized spacial score (nSPS) is 8.70. The van der Waals surface area contributed by atoms with Gasteiger partial charge in [-0.15, -0.1) is 0 Å². The fourth-order valence-corrected chi connectivity index (χ4v) is 0.550. The lowest BCUT2D eigenvalue weighted by Gasteiger charge is -1.90. The van der Waals surface area contributed by atoms with E-state index in [9.17, 15) is 4.79 Å². The second kappa shape index (κ2) is 2.23. The Bertz CT molecular complexity index is 334. The summed E-state index contributed by atoms with van der Waals surface area (Å²) in [5.74, 6) is -0.286. The van der Waals surface area contributed by atoms with Gasteiger partial charge in [-0.3, -0.25) is 4.79 Å². The van der Waals surface area contributed by atoms with E-state index in [1.54, 1.807) is 6.07 Å². The van der Waals surface area contributed by atoms with Gasteiger partial charge in [0.1, 0.15) is 17.4 Å². The van der Waals surface area contributed by atoms with Crippen molar-refractivity contribution in [2.45, 2.75) is 0 Å². The van der Waals surface area contributed by atoms with E-state index in [1.165, 1.54) is 0 Å². The lowest BCUT2D eigenvalue weighted by Crippen LogP contribution is -2.02. The van der Waals surface area contributed by atoms with Gasteiger partial charge in [-0.05, 0) is 0 Å². The quantitative estimate of drug-likeness (QED) is 0.525. The van der Waals surface area contributed by atoms with Crippen LogP contribution in [0, 0.1) is 11.3 Å². The number of nitrogens with one attached hydrogen (secondary N) is 1. The van der Waals surface area contributed by atoms with Gasteiger partial charge in [0.05, 0.1) is 0 Å². The molecule has 0 unspecified atom stereocenters. The largest absolute Gasteiger partial charge is 0.506 e. The van der Waals surface area contributed by atoms with E-state index in [2.05, 4.69) is 4.98 Å². The van der Waals surface area contributed by atoms with E-state index >= 15 is 0 Å². The fourth-order valence-electron chi connectivity index (χ4n) is 0.550. The average molecular weight is 136 g/mol. The van der Waals surface area contributed by atoms with Crippen LogP contribution in [0.25, 0.3) is 0 Å². The zero-order valence-corrected chi connectivity index (χ0v) is 4.96. The van der Waals surface area contributed by atoms with Gasteiger partial charge < -0.3 is 10.1 Å². The molecule has 10 heavy (non-hydrogen) atoms. The smallest absolute Gasteiger partial charge is 0.251 e. The third-order valence-corrected chi connectivity index (χ3v) is 1.02. The highest BCUT2D eigenvalue weighted by Gasteiger charge is 1.97. The van der Waals surface area contributed by atoms with Crippen LogP contribution in [0.15, 0.2) is 17.1 Å². The standard InChI is InChI=1S/C6H4N2O2/c7-2-4-3-8-6(10)1-5(4)9/h1,3H,(H2,8,9,10). The van der Waals surface area contributed by atoms with Gasteiger partial charge in [0.15, 0.2) is 0 Å². The minimum absolute atomic E-state index is 0.0691. The summed E-state index contributed by atoms with van der Waals surface area (Å²) in [5.41, 5.74) is -0.351. The zero-order valence-electron chi connectivity index (χ0n) is 4.96. The number of hydrogen-bond donors (Lipinski definition) is 2. The maximum Gasteiger partial charge on any atom is 0.251 e. The van der Waals surface area contributed by atoms with Gasteiger partial charge in [0, 0.05) is 12.3 Å². The number of nitriles is 1. The minimum atomic E-state index is -0.420. The molecule has 0 aliphatic carbocycles. The predicted octanol–water partition coefficient (Wildman–Crippen LogP) is -0.0478. The van der Waals surface area contributed by atoms with E-state index in [1.807, 2.05) is 0 Å². The van der Waals surface area contributed by atoms with Gasteiger partial charge in [0.25, 0.3) is 5.56 Å². The first-order valence-electron chi connectivity index (χ1n) is 2.56. The van der Waals surface area contributed by atoms with Gasteiger partial charge >= 0.3 is 0 Å². The van der Waals surface area contributed by atoms with Gasteiger partial charge in [0.2, 0.25) is 0 Å². The molecule has 0 aliphatic rings. The van der Waals surface area contributed by atoms with Crippen molar-refractivity contribution in [3.8, 4) is 11.8 Å². The maximum atomic E-state index is 10.4. The SMILES string of the molecule is N#Cc1c[nH]c(=O)cc1O. The topological polar surface area (TPSA) is 76.9 Å². The molecule has 1 aromatic heterocycles. The highest BCUT2D eigenvalue weighted by atomic mass is 16.3. The van der Waals surface area contributed by atoms with Crippen LogP contribution in [0.1, 0.15) is 5.56 Å². The molecule has 0 spiro atoms. The van der Waals surface area contributed by atoms with Crippen molar-refractivity contribution >= 4 is 0 Å². The third kappa shape index (κ3) is 0.977. The molecule has 4 nitrogen and oxygen atoms in total. The lowest BCUT2D eigenvalue weighted by molar-refractivity contribution is 0.472. The van der Waals surface area contributed by atoms with Crippen LogP contribution < -0.4 is 5.56 Å². The van der Waals surface area contributed by atoms with Crippen LogP contribution in [0.3, 0.4) is 0 Å². The Hall–Kier alpha value is -1.76. The number of rotatable bonds is 0. The first-order valence-corrected chi connectivity index (χ1v) is 2.56. The predicted molar refractivity (Wildman–Crippen MR) is 33.4 cm³/mol. The Balaban J connectivity index is 3.37. The summed E-state index contributed by atoms with van der Waals surface area (Å²) in [6.07, 6.45) is 1.16. The Kier molecular flexibility index (Phi) is 1.42. The van der Waals surface area contributed by atoms with Crippen molar-refractivity contribution in [3.63, 3.8) is 0 Å². The van der Waals surface area contributed by atoms with Crippen molar-refractivity contribution in [1.82, 2.24) is 4.98 Å². The maximum absolute atomic E-state index is 10.4. The summed E-state index contributed by atoms with van der Waals surface area (Å²) in [5, 5.41) is 17.1. The number of aromatic nitrogens is 1. The molecule has 1 rings (SSSR count). The average Bonchev–Trinajstić information content (AvgIpc) is 1.88. The summed E-state index contributed by atoms with van der Waals surface area (Å²) >= 11 is 0. The van der Waals surface area contributed by atoms with Crippen molar-refractivity contribution in [2.75, 3.05) is 0 Å². The van der Waals surface area contributed by atoms with Crippen molar-refractivity contribution in [1.29, 1.82) is 5.26 Å². The van der Waals surface area contributed by atoms with Crippen LogP contribution in [-0.4, -0.2) is 10.1 Å². The van der Waals surface area contributed by atoms with Gasteiger partial charge in [-0.25, -0.2) is 0 Å². The highest BCUT2D eigenvalue weighted by molar-refractivity contribution is 5.38. The zero-order chi connectivity index (χ0) is 7.56. The lowest BCUT2D eigenvalue weighted by atomic mass is 10.3. The van der Waals surface area contributed by atoms with Gasteiger partial charge in [-0.2, -0.15) is 5.26 Å². The minimum Gasteiger partial charge on any atom is -0.506 e. The molecule has 0 atom stereocenters. The molecule has 50 valence electrons. The van der Waals surface area contributed by atoms with Crippen molar-refractivity contribution in [2.24, 2.45) is 0 Å². The van der Waals surface area contributed by atoms with Crippen molar-refractivity contribution in [3.05, 3.63) is 28.2 Å². The van der Waals surface area contributed by atoms with Crippen molar-refractivity contribution < 1.29 is 5.11 Å². The number of hydrogen-bond acceptors (Lipinski definition) is 3. The molecular weight excluding hydrogens is 132 g/mol. The summed E-state index contributed by atoms with van der Waals surface area (Å²) in [7, 11) is 0. The molecule has 2 N–H and O–H groups in total. The molecule has 1 heterocycles. The number of H-pyrrole nitrogens is 1. The summed E-state index contributed by atoms with van der Waals surface area (Å²) in [4.78, 5) is 12.7. The van der Waals surface area contributed by atoms with Crippen LogP contribution in [0.2, 0.25) is 0 Å². The molecule has 0 aliphatic heterocycles. The monoisotopic (exact) mass is 136 g/mol. The summed E-state index contributed by atoms with van der Waals surface area (Å²) in [6.45, 7) is 0. The molecule has 0 saturated carbocycles. The number of aromatic amines is 1. The Morgan fingerprint density at radius 3 is 2.90 bits per heavy atom. The first kappa shape index (κ1) is 6.36. The van der Waals surface area contributed by atoms with Crippen LogP contribution in [0.4, 0.5) is 0 Å². The van der Waals surface area contributed by atoms with Gasteiger partial charge in [-0.1, -0.05) is 0 Å². The molecule has 0 saturated heterocycles. The molecule has 0 radical (unpaired) electrons. The molecule has 1 aromatic rings. The van der Waals surface area contributed by atoms with E-state index in [-0.39, 0.29) is 11.3 Å². The molecule has 4 heteroatoms. The van der Waals surface area contributed by atoms with Crippen LogP contribution in [-0.2, 0) is 0 Å². The summed E-state index contributed by atoms with van der Waals surface area (Å²) < 4.78 is 0. The molecule has 0 amide bonds. The van der Waals surface area contributed by atoms with Crippen LogP contribution >= 0.6 is 0 Å². The fraction of sp³-hybridized carbons (Fsp3) is 0. The highest BCUT2D eigenvalue weighted by Crippen LogP contribution is 2.08. The number of nitrogens with zero attached hydrogens (tertiary/aromatic N) is 1. The number of pyridine rings is 1. The first-order chi connectivity index (χ1) is 4.74. The summed E-state index contributed by atoms with van der Waals surface area (Å²) in [6, 6.07) is 2.66. The molecular formula is C6H4N2O2. The molecule has 0 fully saturated rings. The Morgan fingerprint density at radius 2 is 2.40 bits per heavy atom. The van der Waals surface area contributed by atoms with E-state index in [4.69, 9.17) is 10.4 Å². The van der Waals surface area contributed by atoms with Crippen LogP contribution in [0.5, 0.6) is 5.75 Å². The molecule has 0 bridgehead atoms. The Morgan fingerprint density at radius 1 is 1.70 bits per heavy atom. The second-order valence-electron chi connectivity index (χ2n) is 1.71. The third-order valence-electron chi connectivity index (χ3n) is 1.02. The number of aromatic hydroxyl groups is 1. The second-order valence-corrected chi connectivity index (χ2v) is 1.71.